The number of aliphatic carboxylic acids is 1. The number of nitrogens with two attached hydrogens (primary N) is 1. The van der Waals surface area contributed by atoms with Crippen LogP contribution in [0.4, 0.5) is 30.2 Å². The summed E-state index contributed by atoms with van der Waals surface area (Å²) in [6.45, 7) is 10.7. The number of amides is 2. The molecule has 0 aliphatic carbocycles. The van der Waals surface area contributed by atoms with Gasteiger partial charge in [-0.15, -0.1) is 11.6 Å². The summed E-state index contributed by atoms with van der Waals surface area (Å²) in [5.74, 6) is -3.30. The van der Waals surface area contributed by atoms with Crippen molar-refractivity contribution in [3.8, 4) is 17.2 Å². The van der Waals surface area contributed by atoms with E-state index >= 15 is 0 Å². The van der Waals surface area contributed by atoms with Gasteiger partial charge in [0.05, 0.1) is 39.5 Å². The highest BCUT2D eigenvalue weighted by Gasteiger charge is 2.33. The van der Waals surface area contributed by atoms with Crippen LogP contribution in [0, 0.1) is 10.1 Å². The van der Waals surface area contributed by atoms with Crippen LogP contribution in [0.5, 0.6) is 17.2 Å². The summed E-state index contributed by atoms with van der Waals surface area (Å²) in [4.78, 5) is 79.3. The number of carboxylic acid groups (broad SMARTS) is 1. The molecule has 4 atom stereocenters. The number of rotatable bonds is 18. The summed E-state index contributed by atoms with van der Waals surface area (Å²) >= 11 is 22.8. The fourth-order valence-electron chi connectivity index (χ4n) is 6.59. The highest BCUT2D eigenvalue weighted by atomic mass is 35.5. The van der Waals surface area contributed by atoms with Gasteiger partial charge in [0.2, 0.25) is 5.91 Å². The average molecular weight is 1170 g/mol. The van der Waals surface area contributed by atoms with Crippen LogP contribution >= 0.6 is 53.8 Å². The number of nitro groups is 1. The third-order valence-electron chi connectivity index (χ3n) is 10.3. The highest BCUT2D eigenvalue weighted by Crippen LogP contribution is 2.39. The molecule has 0 saturated carbocycles. The summed E-state index contributed by atoms with van der Waals surface area (Å²) in [6, 6.07) is 17.7. The van der Waals surface area contributed by atoms with Crippen LogP contribution in [0.1, 0.15) is 68.1 Å². The summed E-state index contributed by atoms with van der Waals surface area (Å²) in [7, 11) is -1.52. The molecule has 2 amide bonds. The molecular weight excluding hydrogens is 1110 g/mol. The van der Waals surface area contributed by atoms with E-state index in [1.54, 1.807) is 23.8 Å². The number of methoxy groups -OCH3 is 1. The highest BCUT2D eigenvalue weighted by molar-refractivity contribution is 7.57. The van der Waals surface area contributed by atoms with Crippen molar-refractivity contribution in [2.75, 3.05) is 55.6 Å². The molecule has 27 heteroatoms. The number of carbonyl (C=O) groups excluding carboxylic acids is 4. The van der Waals surface area contributed by atoms with Crippen molar-refractivity contribution in [2.45, 2.75) is 83.1 Å². The predicted octanol–water partition coefficient (Wildman–Crippen LogP) is 10.4. The van der Waals surface area contributed by atoms with Crippen molar-refractivity contribution >= 4 is 101 Å². The lowest BCUT2D eigenvalue weighted by atomic mass is 10.0. The monoisotopic (exact) mass is 1170 g/mol. The number of carbonyl (C=O) groups is 5. The van der Waals surface area contributed by atoms with Crippen LogP contribution in [0.2, 0.25) is 5.02 Å². The predicted molar refractivity (Wildman–Crippen MR) is 282 cm³/mol. The summed E-state index contributed by atoms with van der Waals surface area (Å²) in [5, 5.41) is 19.2. The number of hydrogen-bond donors (Lipinski definition) is 3. The van der Waals surface area contributed by atoms with E-state index in [0.717, 1.165) is 65.7 Å². The van der Waals surface area contributed by atoms with Crippen molar-refractivity contribution in [3.63, 3.8) is 0 Å². The Morgan fingerprint density at radius 3 is 2.12 bits per heavy atom. The van der Waals surface area contributed by atoms with Gasteiger partial charge in [-0.2, -0.15) is 13.2 Å². The standard InChI is InChI=1S/C19H15ClF3NO7.C14H20ClNO2.C11H11Cl2NO2.C5H12NO4P/c1-3-29-17(25)10(2)30-18(26)13-9-12(5-6-15(13)24(27)28)31-16-7-4-11(8-14(16)20)19(21,22)23;1-4-11-7-6-8-12(5-2)14(11)16(10-18-3)13(17)9-15;1-7-6-16-9-5-3-2-4-8(9)14(7)11(15)10(12)13;1-11(9,10)3-2-4(6)5(7)8/h4-10H,3H2,1-2H3;6-8H,4-5,9-10H2,1-3H3;2-5,7,10H,6H2,1H3;4H,2-3,6H2,1H3,(H,7,8)(H,9,10). The molecule has 0 bridgehead atoms. The van der Waals surface area contributed by atoms with Crippen molar-refractivity contribution in [1.29, 1.82) is 0 Å². The Bertz CT molecular complexity index is 2660. The number of nitro benzene ring substituents is 1. The maximum absolute atomic E-state index is 12.8. The molecule has 0 spiro atoms. The number of ether oxygens (including phenoxy) is 5. The summed E-state index contributed by atoms with van der Waals surface area (Å²) in [5.41, 5.74) is 6.89. The number of hydrogen-bond acceptors (Lipinski definition) is 14. The van der Waals surface area contributed by atoms with E-state index < -0.39 is 70.2 Å². The van der Waals surface area contributed by atoms with Crippen LogP contribution in [0.25, 0.3) is 0 Å². The van der Waals surface area contributed by atoms with E-state index in [4.69, 9.17) is 85.8 Å². The fraction of sp³-hybridized carbons (Fsp3) is 0.408. The van der Waals surface area contributed by atoms with Gasteiger partial charge in [0.15, 0.2) is 18.3 Å². The molecule has 1 aliphatic heterocycles. The second-order valence-electron chi connectivity index (χ2n) is 16.1. The minimum Gasteiger partial charge on any atom is -0.489 e. The van der Waals surface area contributed by atoms with Crippen molar-refractivity contribution in [2.24, 2.45) is 5.73 Å². The largest absolute Gasteiger partial charge is 0.489 e. The Kier molecular flexibility index (Phi) is 27.5. The van der Waals surface area contributed by atoms with Crippen LogP contribution in [-0.2, 0) is 57.0 Å². The fourth-order valence-corrected chi connectivity index (χ4v) is 7.92. The number of aryl methyl sites for hydroxylation is 2. The zero-order chi connectivity index (χ0) is 57.7. The second-order valence-corrected chi connectivity index (χ2v) is 20.5. The minimum atomic E-state index is -4.61. The number of benzene rings is 4. The number of anilines is 2. The molecule has 4 N–H and O–H groups in total. The van der Waals surface area contributed by atoms with E-state index in [9.17, 15) is 51.8 Å². The number of nitrogens with zero attached hydrogens (tertiary/aromatic N) is 3. The molecule has 4 unspecified atom stereocenters. The Balaban J connectivity index is 0.000000374. The molecular formula is C49H58Cl4F3N4O15P. The molecule has 4 aromatic carbocycles. The van der Waals surface area contributed by atoms with E-state index in [0.29, 0.717) is 18.4 Å². The van der Waals surface area contributed by atoms with Gasteiger partial charge in [-0.3, -0.25) is 34.0 Å². The number of halogens is 7. The smallest absolute Gasteiger partial charge is 0.416 e. The first-order chi connectivity index (χ1) is 35.6. The lowest BCUT2D eigenvalue weighted by Gasteiger charge is -2.35. The Morgan fingerprint density at radius 1 is 1.00 bits per heavy atom. The Labute approximate surface area is 456 Å². The van der Waals surface area contributed by atoms with E-state index in [1.165, 1.54) is 13.6 Å². The number of para-hydroxylation sites is 3. The number of alkyl halides is 6. The van der Waals surface area contributed by atoms with E-state index in [2.05, 4.69) is 13.8 Å². The number of carboxylic acids is 1. The van der Waals surface area contributed by atoms with Gasteiger partial charge in [0, 0.05) is 32.1 Å². The maximum atomic E-state index is 12.8. The SMILES string of the molecule is CC1COc2ccccc2N1C(=O)C(Cl)Cl.CCOC(=O)C(C)OC(=O)c1cc(Oc2ccc(C(F)(F)F)cc2Cl)ccc1[N+](=O)[O-].CCc1cccc(CC)c1N(COC)C(=O)CCl.CP(=O)(O)CCC(N)C(=O)O. The second kappa shape index (κ2) is 31.5. The third-order valence-corrected chi connectivity index (χ3v) is 12.3. The van der Waals surface area contributed by atoms with Gasteiger partial charge < -0.3 is 44.3 Å². The van der Waals surface area contributed by atoms with Crippen molar-refractivity contribution in [1.82, 2.24) is 0 Å². The third kappa shape index (κ3) is 20.7. The lowest BCUT2D eigenvalue weighted by molar-refractivity contribution is -0.385. The van der Waals surface area contributed by atoms with Crippen LogP contribution in [-0.4, -0.2) is 113 Å². The molecule has 76 heavy (non-hydrogen) atoms. The first-order valence-electron chi connectivity index (χ1n) is 22.8. The molecule has 418 valence electrons. The molecule has 0 radical (unpaired) electrons. The molecule has 0 aromatic heterocycles. The molecule has 1 heterocycles. The van der Waals surface area contributed by atoms with Gasteiger partial charge in [-0.05, 0) is 87.6 Å². The molecule has 0 saturated heterocycles. The van der Waals surface area contributed by atoms with Gasteiger partial charge in [0.25, 0.3) is 11.6 Å². The molecule has 0 fully saturated rings. The topological polar surface area (TPSA) is 265 Å². The van der Waals surface area contributed by atoms with E-state index in [-0.39, 0.29) is 66.2 Å². The maximum Gasteiger partial charge on any atom is 0.416 e. The molecule has 4 aromatic rings. The average Bonchev–Trinajstić information content (AvgIpc) is 3.37. The summed E-state index contributed by atoms with van der Waals surface area (Å²) < 4.78 is 74.5. The number of esters is 2. The van der Waals surface area contributed by atoms with Crippen LogP contribution in [0.15, 0.2) is 78.9 Å². The summed E-state index contributed by atoms with van der Waals surface area (Å²) in [6.07, 6.45) is -4.19. The first kappa shape index (κ1) is 66.4. The van der Waals surface area contributed by atoms with E-state index in [1.807, 2.05) is 49.4 Å². The first-order valence-corrected chi connectivity index (χ1v) is 26.9. The molecule has 5 rings (SSSR count). The number of fused-ring (bicyclic) bond motifs is 1. The Morgan fingerprint density at radius 2 is 1.62 bits per heavy atom. The van der Waals surface area contributed by atoms with Crippen molar-refractivity contribution in [3.05, 3.63) is 116 Å². The zero-order valence-electron chi connectivity index (χ0n) is 42.2. The quantitative estimate of drug-likeness (QED) is 0.0209. The minimum absolute atomic E-state index is 0.0371. The molecule has 19 nitrogen and oxygen atoms in total. The van der Waals surface area contributed by atoms with Gasteiger partial charge in [-0.1, -0.05) is 79.0 Å². The zero-order valence-corrected chi connectivity index (χ0v) is 46.1. The van der Waals surface area contributed by atoms with Gasteiger partial charge >= 0.3 is 24.1 Å². The van der Waals surface area contributed by atoms with Gasteiger partial charge in [-0.25, -0.2) is 9.59 Å². The van der Waals surface area contributed by atoms with Crippen LogP contribution < -0.4 is 25.0 Å². The van der Waals surface area contributed by atoms with Crippen molar-refractivity contribution < 1.29 is 80.3 Å². The normalized spacial score (nSPS) is 14.2. The van der Waals surface area contributed by atoms with Crippen LogP contribution in [0.3, 0.4) is 0 Å². The Hall–Kier alpha value is -5.71. The molecule has 1 aliphatic rings. The van der Waals surface area contributed by atoms with Gasteiger partial charge in [0.1, 0.15) is 48.1 Å². The lowest BCUT2D eigenvalue weighted by Crippen LogP contribution is -2.47.